The maximum atomic E-state index is 10.5. The van der Waals surface area contributed by atoms with E-state index >= 15 is 0 Å². The molecule has 0 saturated carbocycles. The first-order valence-electron chi connectivity index (χ1n) is 10.0. The molecule has 0 amide bonds. The number of unbranched alkanes of at least 4 members (excludes halogenated alkanes) is 2. The van der Waals surface area contributed by atoms with E-state index in [9.17, 15) is 10.4 Å². The Bertz CT molecular complexity index is 854. The van der Waals surface area contributed by atoms with E-state index < -0.39 is 0 Å². The number of hydrogen-bond acceptors (Lipinski definition) is 6. The van der Waals surface area contributed by atoms with Crippen molar-refractivity contribution in [1.82, 2.24) is 10.3 Å². The Kier molecular flexibility index (Phi) is 6.72. The van der Waals surface area contributed by atoms with Crippen molar-refractivity contribution in [3.05, 3.63) is 35.4 Å². The maximum Gasteiger partial charge on any atom is 0.142 e. The summed E-state index contributed by atoms with van der Waals surface area (Å²) < 4.78 is 5.94. The maximum absolute atomic E-state index is 10.5. The second-order valence-corrected chi connectivity index (χ2v) is 7.22. The number of aromatic hydroxyl groups is 1. The Balaban J connectivity index is 2.01. The van der Waals surface area contributed by atoms with E-state index in [1.807, 2.05) is 12.1 Å². The van der Waals surface area contributed by atoms with Gasteiger partial charge >= 0.3 is 0 Å². The lowest BCUT2D eigenvalue weighted by Crippen LogP contribution is -2.29. The first-order chi connectivity index (χ1) is 13.7. The van der Waals surface area contributed by atoms with Crippen molar-refractivity contribution in [3.63, 3.8) is 0 Å². The number of piperidine rings is 1. The molecule has 1 fully saturated rings. The summed E-state index contributed by atoms with van der Waals surface area (Å²) in [5.74, 6) is 1.07. The minimum atomic E-state index is 0.0947. The lowest BCUT2D eigenvalue weighted by atomic mass is 9.88. The molecule has 1 atom stereocenters. The van der Waals surface area contributed by atoms with Gasteiger partial charge in [0, 0.05) is 6.54 Å². The molecule has 1 aliphatic heterocycles. The van der Waals surface area contributed by atoms with Crippen molar-refractivity contribution in [2.24, 2.45) is 0 Å². The largest absolute Gasteiger partial charge is 0.507 e. The van der Waals surface area contributed by atoms with Gasteiger partial charge in [0.05, 0.1) is 23.4 Å². The molecule has 2 aromatic rings. The Morgan fingerprint density at radius 2 is 2.25 bits per heavy atom. The second kappa shape index (κ2) is 9.43. The fraction of sp³-hybridized carbons (Fsp3) is 0.455. The molecule has 28 heavy (non-hydrogen) atoms. The SMILES string of the molecule is CCCCCOc1cccc(O)c1-c1cc(C2CCCNC2)c(C#N)c(N)n1. The van der Waals surface area contributed by atoms with Crippen molar-refractivity contribution in [2.75, 3.05) is 25.4 Å². The molecule has 2 heterocycles. The first kappa shape index (κ1) is 20.0. The molecule has 0 bridgehead atoms. The number of nitrogens with zero attached hydrogens (tertiary/aromatic N) is 2. The zero-order valence-electron chi connectivity index (χ0n) is 16.4. The van der Waals surface area contributed by atoms with Gasteiger partial charge in [-0.25, -0.2) is 4.98 Å². The monoisotopic (exact) mass is 380 g/mol. The average Bonchev–Trinajstić information content (AvgIpc) is 2.71. The number of rotatable bonds is 7. The highest BCUT2D eigenvalue weighted by Crippen LogP contribution is 2.40. The van der Waals surface area contributed by atoms with E-state index in [1.165, 1.54) is 0 Å². The Labute approximate surface area is 166 Å². The molecule has 1 aromatic carbocycles. The average molecular weight is 380 g/mol. The number of phenolic OH excluding ortho intramolecular Hbond substituents is 1. The number of phenols is 1. The Morgan fingerprint density at radius 1 is 1.39 bits per heavy atom. The number of nitriles is 1. The summed E-state index contributed by atoms with van der Waals surface area (Å²) in [5.41, 5.74) is 8.53. The number of nitrogen functional groups attached to an aromatic ring is 1. The summed E-state index contributed by atoms with van der Waals surface area (Å²) in [6.07, 6.45) is 5.20. The minimum absolute atomic E-state index is 0.0947. The van der Waals surface area contributed by atoms with Crippen LogP contribution in [-0.4, -0.2) is 29.8 Å². The number of anilines is 1. The number of ether oxygens (including phenoxy) is 1. The van der Waals surface area contributed by atoms with Crippen LogP contribution in [0.5, 0.6) is 11.5 Å². The van der Waals surface area contributed by atoms with Gasteiger partial charge < -0.3 is 20.9 Å². The van der Waals surface area contributed by atoms with Crippen LogP contribution in [0.4, 0.5) is 5.82 Å². The molecule has 6 nitrogen and oxygen atoms in total. The van der Waals surface area contributed by atoms with Gasteiger partial charge in [-0.3, -0.25) is 0 Å². The predicted molar refractivity (Wildman–Crippen MR) is 110 cm³/mol. The molecule has 1 aromatic heterocycles. The lowest BCUT2D eigenvalue weighted by Gasteiger charge is -2.25. The van der Waals surface area contributed by atoms with Gasteiger partial charge in [0.15, 0.2) is 0 Å². The number of benzene rings is 1. The molecule has 148 valence electrons. The normalized spacial score (nSPS) is 16.5. The molecular formula is C22H28N4O2. The molecule has 1 unspecified atom stereocenters. The smallest absolute Gasteiger partial charge is 0.142 e. The number of nitrogens with two attached hydrogens (primary N) is 1. The van der Waals surface area contributed by atoms with Crippen molar-refractivity contribution < 1.29 is 9.84 Å². The number of pyridine rings is 1. The molecule has 4 N–H and O–H groups in total. The molecule has 0 aliphatic carbocycles. The lowest BCUT2D eigenvalue weighted by molar-refractivity contribution is 0.306. The van der Waals surface area contributed by atoms with Gasteiger partial charge in [0.25, 0.3) is 0 Å². The zero-order valence-corrected chi connectivity index (χ0v) is 16.4. The highest BCUT2D eigenvalue weighted by Gasteiger charge is 2.23. The summed E-state index contributed by atoms with van der Waals surface area (Å²) in [6.45, 7) is 4.51. The van der Waals surface area contributed by atoms with Gasteiger partial charge in [-0.2, -0.15) is 5.26 Å². The highest BCUT2D eigenvalue weighted by atomic mass is 16.5. The summed E-state index contributed by atoms with van der Waals surface area (Å²) in [4.78, 5) is 4.43. The molecule has 1 saturated heterocycles. The van der Waals surface area contributed by atoms with Crippen LogP contribution in [-0.2, 0) is 0 Å². The fourth-order valence-corrected chi connectivity index (χ4v) is 3.71. The van der Waals surface area contributed by atoms with Crippen molar-refractivity contribution in [1.29, 1.82) is 5.26 Å². The van der Waals surface area contributed by atoms with Crippen LogP contribution in [0, 0.1) is 11.3 Å². The van der Waals surface area contributed by atoms with Crippen LogP contribution < -0.4 is 15.8 Å². The van der Waals surface area contributed by atoms with Crippen LogP contribution in [0.3, 0.4) is 0 Å². The topological polar surface area (TPSA) is 104 Å². The molecule has 0 radical (unpaired) electrons. The number of nitrogens with one attached hydrogen (secondary N) is 1. The third-order valence-corrected chi connectivity index (χ3v) is 5.19. The second-order valence-electron chi connectivity index (χ2n) is 7.22. The summed E-state index contributed by atoms with van der Waals surface area (Å²) in [5, 5.41) is 23.5. The Morgan fingerprint density at radius 3 is 2.96 bits per heavy atom. The van der Waals surface area contributed by atoms with Gasteiger partial charge in [-0.1, -0.05) is 25.8 Å². The van der Waals surface area contributed by atoms with Gasteiger partial charge in [0.1, 0.15) is 23.4 Å². The summed E-state index contributed by atoms with van der Waals surface area (Å²) >= 11 is 0. The van der Waals surface area contributed by atoms with Crippen LogP contribution >= 0.6 is 0 Å². The van der Waals surface area contributed by atoms with Crippen molar-refractivity contribution in [2.45, 2.75) is 44.9 Å². The van der Waals surface area contributed by atoms with Crippen LogP contribution in [0.25, 0.3) is 11.3 Å². The van der Waals surface area contributed by atoms with E-state index in [0.717, 1.165) is 50.8 Å². The molecule has 6 heteroatoms. The zero-order chi connectivity index (χ0) is 19.9. The quantitative estimate of drug-likeness (QED) is 0.629. The van der Waals surface area contributed by atoms with E-state index in [4.69, 9.17) is 10.5 Å². The number of aromatic nitrogens is 1. The van der Waals surface area contributed by atoms with Crippen molar-refractivity contribution in [3.8, 4) is 28.8 Å². The minimum Gasteiger partial charge on any atom is -0.507 e. The van der Waals surface area contributed by atoms with Crippen molar-refractivity contribution >= 4 is 5.82 Å². The third kappa shape index (κ3) is 4.37. The van der Waals surface area contributed by atoms with E-state index in [1.54, 1.807) is 12.1 Å². The van der Waals surface area contributed by atoms with Crippen LogP contribution in [0.1, 0.15) is 56.1 Å². The van der Waals surface area contributed by atoms with E-state index in [2.05, 4.69) is 23.3 Å². The van der Waals surface area contributed by atoms with Crippen LogP contribution in [0.2, 0.25) is 0 Å². The summed E-state index contributed by atoms with van der Waals surface area (Å²) in [6, 6.07) is 9.30. The third-order valence-electron chi connectivity index (χ3n) is 5.19. The Hall–Kier alpha value is -2.78. The fourth-order valence-electron chi connectivity index (χ4n) is 3.71. The molecule has 0 spiro atoms. The predicted octanol–water partition coefficient (Wildman–Crippen LogP) is 3.94. The number of hydrogen-bond donors (Lipinski definition) is 3. The van der Waals surface area contributed by atoms with E-state index in [-0.39, 0.29) is 17.5 Å². The summed E-state index contributed by atoms with van der Waals surface area (Å²) in [7, 11) is 0. The van der Waals surface area contributed by atoms with Gasteiger partial charge in [-0.15, -0.1) is 0 Å². The van der Waals surface area contributed by atoms with Gasteiger partial charge in [-0.05, 0) is 55.5 Å². The van der Waals surface area contributed by atoms with Crippen LogP contribution in [0.15, 0.2) is 24.3 Å². The van der Waals surface area contributed by atoms with E-state index in [0.29, 0.717) is 29.2 Å². The first-order valence-corrected chi connectivity index (χ1v) is 10.0. The molecule has 1 aliphatic rings. The molecular weight excluding hydrogens is 352 g/mol. The molecule has 3 rings (SSSR count). The van der Waals surface area contributed by atoms with Gasteiger partial charge in [0.2, 0.25) is 0 Å². The highest BCUT2D eigenvalue weighted by molar-refractivity contribution is 5.76. The standard InChI is InChI=1S/C22H28N4O2/c1-2-3-4-11-28-20-9-5-8-19(27)21(20)18-12-16(15-7-6-10-25-14-15)17(13-23)22(24)26-18/h5,8-9,12,15,25,27H,2-4,6-7,10-11,14H2,1H3,(H2,24,26).